The molecule has 114 valence electrons. The summed E-state index contributed by atoms with van der Waals surface area (Å²) in [5.74, 6) is 0.0647. The van der Waals surface area contributed by atoms with E-state index in [9.17, 15) is 4.79 Å². The topological polar surface area (TPSA) is 49.3 Å². The van der Waals surface area contributed by atoms with Crippen molar-refractivity contribution in [1.82, 2.24) is 5.32 Å². The Bertz CT molecular complexity index is 297. The van der Waals surface area contributed by atoms with Crippen LogP contribution in [-0.4, -0.2) is 24.2 Å². The Morgan fingerprint density at radius 3 is 1.95 bits per heavy atom. The molecule has 1 atom stereocenters. The van der Waals surface area contributed by atoms with Gasteiger partial charge < -0.3 is 10.4 Å². The van der Waals surface area contributed by atoms with Crippen molar-refractivity contribution in [2.24, 2.45) is 16.2 Å². The molecule has 0 aromatic carbocycles. The van der Waals surface area contributed by atoms with Crippen LogP contribution in [0.2, 0.25) is 0 Å². The zero-order valence-electron chi connectivity index (χ0n) is 13.9. The minimum absolute atomic E-state index is 0.00839. The number of nitrogens with one attached hydrogen (secondary N) is 1. The molecular weight excluding hydrogens is 238 g/mol. The Morgan fingerprint density at radius 2 is 1.58 bits per heavy atom. The van der Waals surface area contributed by atoms with Gasteiger partial charge in [0.1, 0.15) is 0 Å². The Labute approximate surface area is 119 Å². The fraction of sp³-hybridized carbons (Fsp3) is 0.938. The highest BCUT2D eigenvalue weighted by Crippen LogP contribution is 2.49. The molecule has 0 saturated carbocycles. The fourth-order valence-corrected chi connectivity index (χ4v) is 2.46. The van der Waals surface area contributed by atoms with E-state index < -0.39 is 5.41 Å². The van der Waals surface area contributed by atoms with Gasteiger partial charge in [0, 0.05) is 6.54 Å². The van der Waals surface area contributed by atoms with E-state index in [0.29, 0.717) is 6.54 Å². The normalized spacial score (nSPS) is 16.0. The van der Waals surface area contributed by atoms with E-state index in [-0.39, 0.29) is 23.3 Å². The summed E-state index contributed by atoms with van der Waals surface area (Å²) in [5.41, 5.74) is -0.354. The molecule has 0 fully saturated rings. The molecule has 1 unspecified atom stereocenters. The number of aliphatic hydroxyl groups excluding tert-OH is 1. The van der Waals surface area contributed by atoms with Crippen molar-refractivity contribution in [2.75, 3.05) is 13.2 Å². The van der Waals surface area contributed by atoms with Crippen LogP contribution in [0.1, 0.15) is 67.7 Å². The number of hydrogen-bond donors (Lipinski definition) is 2. The molecular formula is C16H33NO2. The standard InChI is InChI=1S/C16H33NO2/c1-8-14(3,4)12-16(7,15(5,6)9-2)13(19)17-10-11-18/h18H,8-12H2,1-7H3,(H,17,19). The Kier molecular flexibility index (Phi) is 6.53. The number of hydrogen-bond acceptors (Lipinski definition) is 2. The number of rotatable bonds is 8. The second kappa shape index (κ2) is 6.74. The molecule has 0 aliphatic carbocycles. The van der Waals surface area contributed by atoms with Crippen LogP contribution in [-0.2, 0) is 4.79 Å². The number of carbonyl (C=O) groups excluding carboxylic acids is 1. The van der Waals surface area contributed by atoms with Gasteiger partial charge in [0.15, 0.2) is 0 Å². The van der Waals surface area contributed by atoms with Crippen molar-refractivity contribution in [3.05, 3.63) is 0 Å². The fourth-order valence-electron chi connectivity index (χ4n) is 2.46. The van der Waals surface area contributed by atoms with Gasteiger partial charge in [0.05, 0.1) is 12.0 Å². The molecule has 19 heavy (non-hydrogen) atoms. The van der Waals surface area contributed by atoms with Crippen molar-refractivity contribution in [3.63, 3.8) is 0 Å². The summed E-state index contributed by atoms with van der Waals surface area (Å²) in [6, 6.07) is 0. The lowest BCUT2D eigenvalue weighted by molar-refractivity contribution is -0.140. The highest BCUT2D eigenvalue weighted by molar-refractivity contribution is 5.83. The van der Waals surface area contributed by atoms with Crippen molar-refractivity contribution in [2.45, 2.75) is 67.7 Å². The Hall–Kier alpha value is -0.570. The van der Waals surface area contributed by atoms with Crippen LogP contribution in [0.5, 0.6) is 0 Å². The zero-order valence-corrected chi connectivity index (χ0v) is 13.9. The van der Waals surface area contributed by atoms with E-state index in [1.807, 2.05) is 0 Å². The summed E-state index contributed by atoms with van der Waals surface area (Å²) in [6.07, 6.45) is 2.86. The predicted octanol–water partition coefficient (Wildman–Crippen LogP) is 3.36. The first-order valence-corrected chi connectivity index (χ1v) is 7.45. The number of carbonyl (C=O) groups is 1. The minimum atomic E-state index is -0.420. The molecule has 0 aliphatic heterocycles. The van der Waals surface area contributed by atoms with Crippen LogP contribution in [0.25, 0.3) is 0 Å². The maximum Gasteiger partial charge on any atom is 0.226 e. The van der Waals surface area contributed by atoms with Crippen molar-refractivity contribution in [1.29, 1.82) is 0 Å². The molecule has 0 rings (SSSR count). The van der Waals surface area contributed by atoms with Gasteiger partial charge in [-0.25, -0.2) is 0 Å². The van der Waals surface area contributed by atoms with E-state index in [0.717, 1.165) is 19.3 Å². The first-order valence-electron chi connectivity index (χ1n) is 7.45. The zero-order chi connectivity index (χ0) is 15.3. The summed E-state index contributed by atoms with van der Waals surface area (Å²) in [5, 5.41) is 11.8. The molecule has 0 aromatic rings. The summed E-state index contributed by atoms with van der Waals surface area (Å²) >= 11 is 0. The molecule has 0 bridgehead atoms. The summed E-state index contributed by atoms with van der Waals surface area (Å²) in [4.78, 5) is 12.6. The van der Waals surface area contributed by atoms with Gasteiger partial charge >= 0.3 is 0 Å². The second-order valence-corrected chi connectivity index (χ2v) is 7.24. The molecule has 3 nitrogen and oxygen atoms in total. The lowest BCUT2D eigenvalue weighted by atomic mass is 9.58. The van der Waals surface area contributed by atoms with Gasteiger partial charge in [-0.15, -0.1) is 0 Å². The minimum Gasteiger partial charge on any atom is -0.395 e. The largest absolute Gasteiger partial charge is 0.395 e. The molecule has 0 saturated heterocycles. The van der Waals surface area contributed by atoms with Crippen LogP contribution in [0, 0.1) is 16.2 Å². The smallest absolute Gasteiger partial charge is 0.226 e. The molecule has 0 radical (unpaired) electrons. The van der Waals surface area contributed by atoms with E-state index >= 15 is 0 Å². The van der Waals surface area contributed by atoms with E-state index in [4.69, 9.17) is 5.11 Å². The molecule has 0 heterocycles. The monoisotopic (exact) mass is 271 g/mol. The predicted molar refractivity (Wildman–Crippen MR) is 81.0 cm³/mol. The average Bonchev–Trinajstić information content (AvgIpc) is 2.34. The lowest BCUT2D eigenvalue weighted by Crippen LogP contribution is -2.50. The lowest BCUT2D eigenvalue weighted by Gasteiger charge is -2.46. The quantitative estimate of drug-likeness (QED) is 0.711. The maximum atomic E-state index is 12.6. The van der Waals surface area contributed by atoms with E-state index in [1.165, 1.54) is 0 Å². The molecule has 0 aromatic heterocycles. The van der Waals surface area contributed by atoms with Gasteiger partial charge in [-0.2, -0.15) is 0 Å². The average molecular weight is 271 g/mol. The maximum absolute atomic E-state index is 12.6. The third-order valence-electron chi connectivity index (χ3n) is 5.07. The van der Waals surface area contributed by atoms with E-state index in [1.54, 1.807) is 0 Å². The van der Waals surface area contributed by atoms with Crippen molar-refractivity contribution < 1.29 is 9.90 Å². The van der Waals surface area contributed by atoms with Crippen LogP contribution in [0.4, 0.5) is 0 Å². The molecule has 0 aliphatic rings. The first-order chi connectivity index (χ1) is 8.56. The SMILES string of the molecule is CCC(C)(C)CC(C)(C(=O)NCCO)C(C)(C)CC. The number of amides is 1. The van der Waals surface area contributed by atoms with Crippen LogP contribution in [0.15, 0.2) is 0 Å². The van der Waals surface area contributed by atoms with Gasteiger partial charge in [0.2, 0.25) is 5.91 Å². The molecule has 0 spiro atoms. The number of aliphatic hydroxyl groups is 1. The van der Waals surface area contributed by atoms with Gasteiger partial charge in [-0.05, 0) is 23.7 Å². The third-order valence-corrected chi connectivity index (χ3v) is 5.07. The molecule has 1 amide bonds. The highest BCUT2D eigenvalue weighted by Gasteiger charge is 2.48. The van der Waals surface area contributed by atoms with Gasteiger partial charge in [-0.3, -0.25) is 4.79 Å². The van der Waals surface area contributed by atoms with Crippen LogP contribution in [0.3, 0.4) is 0 Å². The molecule has 3 heteroatoms. The van der Waals surface area contributed by atoms with Crippen LogP contribution >= 0.6 is 0 Å². The Morgan fingerprint density at radius 1 is 1.05 bits per heavy atom. The third kappa shape index (κ3) is 4.48. The van der Waals surface area contributed by atoms with Crippen LogP contribution < -0.4 is 5.32 Å². The van der Waals surface area contributed by atoms with Gasteiger partial charge in [-0.1, -0.05) is 54.9 Å². The first kappa shape index (κ1) is 18.4. The van der Waals surface area contributed by atoms with Crippen molar-refractivity contribution >= 4 is 5.91 Å². The van der Waals surface area contributed by atoms with E-state index in [2.05, 4.69) is 53.8 Å². The summed E-state index contributed by atoms with van der Waals surface area (Å²) in [7, 11) is 0. The Balaban J connectivity index is 5.31. The van der Waals surface area contributed by atoms with Gasteiger partial charge in [0.25, 0.3) is 0 Å². The summed E-state index contributed by atoms with van der Waals surface area (Å²) in [6.45, 7) is 15.5. The summed E-state index contributed by atoms with van der Waals surface area (Å²) < 4.78 is 0. The van der Waals surface area contributed by atoms with Crippen molar-refractivity contribution in [3.8, 4) is 0 Å². The molecule has 2 N–H and O–H groups in total. The second-order valence-electron chi connectivity index (χ2n) is 7.24. The highest BCUT2D eigenvalue weighted by atomic mass is 16.3.